The third kappa shape index (κ3) is 6.33. The molecule has 2 aliphatic heterocycles. The summed E-state index contributed by atoms with van der Waals surface area (Å²) in [5, 5.41) is 2.09. The number of ether oxygens (including phenoxy) is 5. The molecule has 11 nitrogen and oxygen atoms in total. The highest BCUT2D eigenvalue weighted by Crippen LogP contribution is 2.35. The number of anilines is 1. The molecule has 2 aromatic carbocycles. The monoisotopic (exact) mass is 528 g/mol. The van der Waals surface area contributed by atoms with E-state index in [1.54, 1.807) is 43.3 Å². The van der Waals surface area contributed by atoms with Crippen molar-refractivity contribution in [2.75, 3.05) is 45.4 Å². The fraction of sp³-hybridized carbons (Fsp3) is 0.280. The van der Waals surface area contributed by atoms with Gasteiger partial charge in [-0.2, -0.15) is 0 Å². The molecule has 12 heteroatoms. The molecule has 3 amide bonds. The fourth-order valence-corrected chi connectivity index (χ4v) is 4.33. The van der Waals surface area contributed by atoms with Crippen LogP contribution in [-0.4, -0.2) is 68.0 Å². The summed E-state index contributed by atoms with van der Waals surface area (Å²) < 4.78 is 26.5. The van der Waals surface area contributed by atoms with Crippen LogP contribution in [0.3, 0.4) is 0 Å². The number of benzene rings is 2. The molecular weight excluding hydrogens is 504 g/mol. The van der Waals surface area contributed by atoms with Crippen molar-refractivity contribution >= 4 is 46.5 Å². The highest BCUT2D eigenvalue weighted by molar-refractivity contribution is 8.18. The molecule has 37 heavy (non-hydrogen) atoms. The lowest BCUT2D eigenvalue weighted by Gasteiger charge is -2.19. The zero-order chi connectivity index (χ0) is 26.4. The van der Waals surface area contributed by atoms with Crippen LogP contribution < -0.4 is 24.3 Å². The first-order valence-electron chi connectivity index (χ1n) is 11.3. The van der Waals surface area contributed by atoms with E-state index in [0.717, 1.165) is 16.7 Å². The molecule has 2 aliphatic rings. The van der Waals surface area contributed by atoms with Gasteiger partial charge in [-0.25, -0.2) is 4.79 Å². The number of rotatable bonds is 9. The SMILES string of the molecule is CCOC(=O)COc1cc(/C=C2\SC(=O)N(CC(=O)Nc3ccc4c(c3)OCCO4)C2=O)ccc1OC. The van der Waals surface area contributed by atoms with Crippen LogP contribution >= 0.6 is 11.8 Å². The van der Waals surface area contributed by atoms with Crippen molar-refractivity contribution in [1.29, 1.82) is 0 Å². The van der Waals surface area contributed by atoms with Crippen molar-refractivity contribution < 1.29 is 42.9 Å². The Labute approximate surface area is 216 Å². The van der Waals surface area contributed by atoms with E-state index in [2.05, 4.69) is 5.32 Å². The minimum Gasteiger partial charge on any atom is -0.493 e. The average molecular weight is 529 g/mol. The van der Waals surface area contributed by atoms with E-state index in [4.69, 9.17) is 23.7 Å². The van der Waals surface area contributed by atoms with Crippen molar-refractivity contribution in [2.24, 2.45) is 0 Å². The molecule has 1 fully saturated rings. The van der Waals surface area contributed by atoms with Gasteiger partial charge < -0.3 is 29.0 Å². The molecule has 1 saturated heterocycles. The van der Waals surface area contributed by atoms with Gasteiger partial charge in [0, 0.05) is 11.8 Å². The number of carbonyl (C=O) groups excluding carboxylic acids is 4. The fourth-order valence-electron chi connectivity index (χ4n) is 3.49. The van der Waals surface area contributed by atoms with Gasteiger partial charge in [-0.3, -0.25) is 19.3 Å². The normalized spacial score (nSPS) is 15.5. The molecule has 0 saturated carbocycles. The zero-order valence-corrected chi connectivity index (χ0v) is 20.9. The average Bonchev–Trinajstić information content (AvgIpc) is 3.14. The van der Waals surface area contributed by atoms with Crippen molar-refractivity contribution in [1.82, 2.24) is 4.90 Å². The highest BCUT2D eigenvalue weighted by atomic mass is 32.2. The van der Waals surface area contributed by atoms with Crippen molar-refractivity contribution in [3.63, 3.8) is 0 Å². The highest BCUT2D eigenvalue weighted by Gasteiger charge is 2.36. The number of nitrogens with one attached hydrogen (secondary N) is 1. The van der Waals surface area contributed by atoms with Crippen LogP contribution in [0.4, 0.5) is 10.5 Å². The Balaban J connectivity index is 1.42. The lowest BCUT2D eigenvalue weighted by atomic mass is 10.2. The van der Waals surface area contributed by atoms with Gasteiger partial charge in [-0.15, -0.1) is 0 Å². The van der Waals surface area contributed by atoms with Gasteiger partial charge in [-0.05, 0) is 54.6 Å². The van der Waals surface area contributed by atoms with Gasteiger partial charge in [0.25, 0.3) is 11.1 Å². The van der Waals surface area contributed by atoms with Gasteiger partial charge in [0.2, 0.25) is 5.91 Å². The third-order valence-corrected chi connectivity index (χ3v) is 6.04. The molecule has 0 unspecified atom stereocenters. The van der Waals surface area contributed by atoms with E-state index in [1.165, 1.54) is 13.2 Å². The summed E-state index contributed by atoms with van der Waals surface area (Å²) in [6.45, 7) is 2.00. The second-order valence-electron chi connectivity index (χ2n) is 7.68. The number of esters is 1. The number of thioether (sulfide) groups is 1. The Morgan fingerprint density at radius 1 is 1.08 bits per heavy atom. The maximum atomic E-state index is 12.9. The molecule has 194 valence electrons. The second kappa shape index (κ2) is 11.7. The first-order valence-corrected chi connectivity index (χ1v) is 12.1. The second-order valence-corrected chi connectivity index (χ2v) is 8.67. The molecule has 2 aromatic rings. The first-order chi connectivity index (χ1) is 17.9. The van der Waals surface area contributed by atoms with Crippen LogP contribution in [-0.2, 0) is 19.1 Å². The van der Waals surface area contributed by atoms with Gasteiger partial charge in [0.15, 0.2) is 29.6 Å². The summed E-state index contributed by atoms with van der Waals surface area (Å²) >= 11 is 0.720. The molecule has 4 rings (SSSR count). The summed E-state index contributed by atoms with van der Waals surface area (Å²) in [7, 11) is 1.45. The third-order valence-electron chi connectivity index (χ3n) is 5.14. The number of hydrogen-bond acceptors (Lipinski definition) is 10. The predicted molar refractivity (Wildman–Crippen MR) is 134 cm³/mol. The topological polar surface area (TPSA) is 130 Å². The Bertz CT molecular complexity index is 1260. The Hall–Kier alpha value is -4.19. The number of methoxy groups -OCH3 is 1. The lowest BCUT2D eigenvalue weighted by Crippen LogP contribution is -2.36. The van der Waals surface area contributed by atoms with E-state index in [1.807, 2.05) is 0 Å². The molecule has 1 N–H and O–H groups in total. The largest absolute Gasteiger partial charge is 0.493 e. The number of imide groups is 1. The van der Waals surface area contributed by atoms with Crippen molar-refractivity contribution in [2.45, 2.75) is 6.92 Å². The number of amides is 3. The van der Waals surface area contributed by atoms with Crippen LogP contribution in [0.1, 0.15) is 12.5 Å². The van der Waals surface area contributed by atoms with Gasteiger partial charge in [0.1, 0.15) is 19.8 Å². The zero-order valence-electron chi connectivity index (χ0n) is 20.1. The maximum Gasteiger partial charge on any atom is 0.344 e. The van der Waals surface area contributed by atoms with E-state index in [0.29, 0.717) is 41.7 Å². The molecule has 2 heterocycles. The molecule has 0 spiro atoms. The van der Waals surface area contributed by atoms with Gasteiger partial charge in [-0.1, -0.05) is 6.07 Å². The van der Waals surface area contributed by atoms with E-state index in [9.17, 15) is 19.2 Å². The standard InChI is InChI=1S/C25H24N2O9S/c1-3-33-23(29)14-36-19-10-15(4-6-17(19)32-2)11-21-24(30)27(25(31)37-21)13-22(28)26-16-5-7-18-20(12-16)35-9-8-34-18/h4-7,10-12H,3,8-9,13-14H2,1-2H3,(H,26,28)/b21-11-. The molecular formula is C25H24N2O9S. The Kier molecular flexibility index (Phi) is 8.18. The van der Waals surface area contributed by atoms with Crippen LogP contribution in [0.25, 0.3) is 6.08 Å². The van der Waals surface area contributed by atoms with E-state index < -0.39 is 29.6 Å². The summed E-state index contributed by atoms with van der Waals surface area (Å²) in [6.07, 6.45) is 1.50. The van der Waals surface area contributed by atoms with E-state index >= 15 is 0 Å². The number of nitrogens with zero attached hydrogens (tertiary/aromatic N) is 1. The van der Waals surface area contributed by atoms with Gasteiger partial charge >= 0.3 is 5.97 Å². The quantitative estimate of drug-likeness (QED) is 0.383. The van der Waals surface area contributed by atoms with Crippen molar-refractivity contribution in [3.8, 4) is 23.0 Å². The number of hydrogen-bond donors (Lipinski definition) is 1. The van der Waals surface area contributed by atoms with E-state index in [-0.39, 0.29) is 23.9 Å². The minimum absolute atomic E-state index is 0.138. The summed E-state index contributed by atoms with van der Waals surface area (Å²) in [6, 6.07) is 9.78. The molecule has 0 aromatic heterocycles. The van der Waals surface area contributed by atoms with Crippen LogP contribution in [0.5, 0.6) is 23.0 Å². The molecule has 0 atom stereocenters. The number of fused-ring (bicyclic) bond motifs is 1. The summed E-state index contributed by atoms with van der Waals surface area (Å²) in [5.41, 5.74) is 0.983. The van der Waals surface area contributed by atoms with Crippen LogP contribution in [0, 0.1) is 0 Å². The molecule has 0 aliphatic carbocycles. The molecule has 0 bridgehead atoms. The van der Waals surface area contributed by atoms with Gasteiger partial charge in [0.05, 0.1) is 18.6 Å². The van der Waals surface area contributed by atoms with Crippen molar-refractivity contribution in [3.05, 3.63) is 46.9 Å². The predicted octanol–water partition coefficient (Wildman–Crippen LogP) is 3.08. The lowest BCUT2D eigenvalue weighted by molar-refractivity contribution is -0.145. The Morgan fingerprint density at radius 2 is 1.86 bits per heavy atom. The maximum absolute atomic E-state index is 12.9. The molecule has 0 radical (unpaired) electrons. The number of carbonyl (C=O) groups is 4. The Morgan fingerprint density at radius 3 is 2.62 bits per heavy atom. The summed E-state index contributed by atoms with van der Waals surface area (Å²) in [5.74, 6) is 0.0475. The minimum atomic E-state index is -0.600. The first kappa shape index (κ1) is 25.9. The van der Waals surface area contributed by atoms with Crippen LogP contribution in [0.15, 0.2) is 41.3 Å². The summed E-state index contributed by atoms with van der Waals surface area (Å²) in [4.78, 5) is 50.5. The smallest absolute Gasteiger partial charge is 0.344 e. The van der Waals surface area contributed by atoms with Crippen LogP contribution in [0.2, 0.25) is 0 Å².